The van der Waals surface area contributed by atoms with Crippen LogP contribution in [-0.2, 0) is 0 Å². The van der Waals surface area contributed by atoms with Gasteiger partial charge in [-0.2, -0.15) is 0 Å². The van der Waals surface area contributed by atoms with Crippen LogP contribution in [0.2, 0.25) is 5.02 Å². The van der Waals surface area contributed by atoms with Crippen LogP contribution in [0.3, 0.4) is 0 Å². The second-order valence-electron chi connectivity index (χ2n) is 4.07. The molecule has 0 aliphatic carbocycles. The van der Waals surface area contributed by atoms with Gasteiger partial charge in [0.15, 0.2) is 5.13 Å². The molecule has 1 N–H and O–H groups in total. The Bertz CT molecular complexity index is 785. The highest BCUT2D eigenvalue weighted by atomic mass is 35.5. The lowest BCUT2D eigenvalue weighted by Gasteiger charge is -2.00. The first-order valence-corrected chi connectivity index (χ1v) is 6.95. The van der Waals surface area contributed by atoms with Crippen molar-refractivity contribution in [3.8, 4) is 0 Å². The summed E-state index contributed by atoms with van der Waals surface area (Å²) in [6, 6.07) is 10.7. The van der Waals surface area contributed by atoms with Gasteiger partial charge >= 0.3 is 0 Å². The summed E-state index contributed by atoms with van der Waals surface area (Å²) >= 11 is 7.36. The molecule has 0 aliphatic rings. The van der Waals surface area contributed by atoms with Crippen molar-refractivity contribution in [1.29, 1.82) is 0 Å². The Morgan fingerprint density at radius 1 is 1.20 bits per heavy atom. The van der Waals surface area contributed by atoms with Gasteiger partial charge in [0.05, 0.1) is 15.2 Å². The smallest absolute Gasteiger partial charge is 0.257 e. The second-order valence-corrected chi connectivity index (χ2v) is 5.47. The van der Waals surface area contributed by atoms with E-state index in [-0.39, 0.29) is 11.7 Å². The molecule has 0 radical (unpaired) electrons. The van der Waals surface area contributed by atoms with E-state index in [1.165, 1.54) is 35.6 Å². The zero-order valence-electron chi connectivity index (χ0n) is 10.1. The van der Waals surface area contributed by atoms with Gasteiger partial charge in [0.25, 0.3) is 5.91 Å². The fourth-order valence-electron chi connectivity index (χ4n) is 1.74. The lowest BCUT2D eigenvalue weighted by atomic mass is 10.2. The minimum absolute atomic E-state index is 0.333. The van der Waals surface area contributed by atoms with Gasteiger partial charge in [-0.1, -0.05) is 29.0 Å². The molecule has 0 aliphatic heterocycles. The summed E-state index contributed by atoms with van der Waals surface area (Å²) in [6.45, 7) is 0. The standard InChI is InChI=1S/C14H8ClFN2OS/c15-10-2-1-3-11-12(10)20-14(17-11)18-13(19)8-4-6-9(16)7-5-8/h1-7H,(H,17,18,19). The lowest BCUT2D eigenvalue weighted by molar-refractivity contribution is 0.102. The van der Waals surface area contributed by atoms with E-state index in [0.717, 1.165) is 10.2 Å². The number of aromatic nitrogens is 1. The molecule has 1 amide bonds. The van der Waals surface area contributed by atoms with E-state index in [2.05, 4.69) is 10.3 Å². The van der Waals surface area contributed by atoms with E-state index >= 15 is 0 Å². The molecule has 0 unspecified atom stereocenters. The maximum absolute atomic E-state index is 12.8. The van der Waals surface area contributed by atoms with Crippen LogP contribution in [0.5, 0.6) is 0 Å². The van der Waals surface area contributed by atoms with Crippen LogP contribution in [0, 0.1) is 5.82 Å². The molecule has 0 bridgehead atoms. The highest BCUT2D eigenvalue weighted by molar-refractivity contribution is 7.23. The first-order valence-electron chi connectivity index (χ1n) is 5.75. The van der Waals surface area contributed by atoms with E-state index in [1.54, 1.807) is 12.1 Å². The predicted octanol–water partition coefficient (Wildman–Crippen LogP) is 4.34. The lowest BCUT2D eigenvalue weighted by Crippen LogP contribution is -2.11. The Labute approximate surface area is 123 Å². The molecular formula is C14H8ClFN2OS. The van der Waals surface area contributed by atoms with Crippen LogP contribution < -0.4 is 5.32 Å². The number of fused-ring (bicyclic) bond motifs is 1. The number of anilines is 1. The summed E-state index contributed by atoms with van der Waals surface area (Å²) in [4.78, 5) is 16.3. The van der Waals surface area contributed by atoms with E-state index in [0.29, 0.717) is 15.7 Å². The quantitative estimate of drug-likeness (QED) is 0.765. The molecule has 0 atom stereocenters. The highest BCUT2D eigenvalue weighted by Crippen LogP contribution is 2.31. The predicted molar refractivity (Wildman–Crippen MR) is 79.0 cm³/mol. The Kier molecular flexibility index (Phi) is 3.38. The number of amides is 1. The maximum Gasteiger partial charge on any atom is 0.257 e. The normalized spacial score (nSPS) is 10.7. The molecule has 0 saturated heterocycles. The number of hydrogen-bond donors (Lipinski definition) is 1. The van der Waals surface area contributed by atoms with Crippen molar-refractivity contribution in [2.75, 3.05) is 5.32 Å². The van der Waals surface area contributed by atoms with Gasteiger partial charge in [-0.05, 0) is 36.4 Å². The fraction of sp³-hybridized carbons (Fsp3) is 0. The number of nitrogens with zero attached hydrogens (tertiary/aromatic N) is 1. The SMILES string of the molecule is O=C(Nc1nc2cccc(Cl)c2s1)c1ccc(F)cc1. The van der Waals surface area contributed by atoms with Gasteiger partial charge in [-0.25, -0.2) is 9.37 Å². The first kappa shape index (κ1) is 13.0. The fourth-order valence-corrected chi connectivity index (χ4v) is 2.89. The van der Waals surface area contributed by atoms with Crippen LogP contribution >= 0.6 is 22.9 Å². The first-order chi connectivity index (χ1) is 9.63. The molecule has 3 rings (SSSR count). The average Bonchev–Trinajstić information content (AvgIpc) is 2.83. The number of rotatable bonds is 2. The number of carbonyl (C=O) groups is 1. The highest BCUT2D eigenvalue weighted by Gasteiger charge is 2.11. The van der Waals surface area contributed by atoms with Crippen molar-refractivity contribution >= 4 is 44.2 Å². The molecule has 0 spiro atoms. The Hall–Kier alpha value is -1.98. The van der Waals surface area contributed by atoms with Crippen molar-refractivity contribution in [3.63, 3.8) is 0 Å². The second kappa shape index (κ2) is 5.19. The monoisotopic (exact) mass is 306 g/mol. The summed E-state index contributed by atoms with van der Waals surface area (Å²) in [5.74, 6) is -0.714. The summed E-state index contributed by atoms with van der Waals surface area (Å²) < 4.78 is 13.6. The summed E-state index contributed by atoms with van der Waals surface area (Å²) in [6.07, 6.45) is 0. The van der Waals surface area contributed by atoms with E-state index < -0.39 is 0 Å². The van der Waals surface area contributed by atoms with Gasteiger partial charge in [0.1, 0.15) is 5.82 Å². The van der Waals surface area contributed by atoms with Crippen molar-refractivity contribution in [2.24, 2.45) is 0 Å². The zero-order valence-corrected chi connectivity index (χ0v) is 11.6. The van der Waals surface area contributed by atoms with Gasteiger partial charge in [-0.15, -0.1) is 0 Å². The van der Waals surface area contributed by atoms with Crippen molar-refractivity contribution < 1.29 is 9.18 Å². The molecular weight excluding hydrogens is 299 g/mol. The summed E-state index contributed by atoms with van der Waals surface area (Å²) in [7, 11) is 0. The summed E-state index contributed by atoms with van der Waals surface area (Å²) in [5.41, 5.74) is 1.11. The number of carbonyl (C=O) groups excluding carboxylic acids is 1. The van der Waals surface area contributed by atoms with E-state index in [4.69, 9.17) is 11.6 Å². The molecule has 0 fully saturated rings. The van der Waals surface area contributed by atoms with E-state index in [1.807, 2.05) is 6.07 Å². The maximum atomic E-state index is 12.8. The average molecular weight is 307 g/mol. The molecule has 3 aromatic rings. The molecule has 6 heteroatoms. The molecule has 1 heterocycles. The largest absolute Gasteiger partial charge is 0.298 e. The van der Waals surface area contributed by atoms with Crippen LogP contribution in [-0.4, -0.2) is 10.9 Å². The van der Waals surface area contributed by atoms with Gasteiger partial charge < -0.3 is 0 Å². The molecule has 1 aromatic heterocycles. The molecule has 20 heavy (non-hydrogen) atoms. The third-order valence-electron chi connectivity index (χ3n) is 2.69. The molecule has 0 saturated carbocycles. The number of hydrogen-bond acceptors (Lipinski definition) is 3. The Balaban J connectivity index is 1.87. The third-order valence-corrected chi connectivity index (χ3v) is 4.14. The van der Waals surface area contributed by atoms with E-state index in [9.17, 15) is 9.18 Å². The molecule has 3 nitrogen and oxygen atoms in total. The number of halogens is 2. The Morgan fingerprint density at radius 3 is 2.65 bits per heavy atom. The van der Waals surface area contributed by atoms with Crippen molar-refractivity contribution in [3.05, 3.63) is 58.9 Å². The van der Waals surface area contributed by atoms with Gasteiger partial charge in [0, 0.05) is 5.56 Å². The van der Waals surface area contributed by atoms with Crippen molar-refractivity contribution in [2.45, 2.75) is 0 Å². The Morgan fingerprint density at radius 2 is 1.95 bits per heavy atom. The van der Waals surface area contributed by atoms with Gasteiger partial charge in [0.2, 0.25) is 0 Å². The van der Waals surface area contributed by atoms with Crippen LogP contribution in [0.4, 0.5) is 9.52 Å². The van der Waals surface area contributed by atoms with Crippen LogP contribution in [0.1, 0.15) is 10.4 Å². The minimum atomic E-state index is -0.381. The minimum Gasteiger partial charge on any atom is -0.298 e. The third kappa shape index (κ3) is 2.50. The number of nitrogens with one attached hydrogen (secondary N) is 1. The van der Waals surface area contributed by atoms with Crippen LogP contribution in [0.15, 0.2) is 42.5 Å². The molecule has 2 aromatic carbocycles. The van der Waals surface area contributed by atoms with Gasteiger partial charge in [-0.3, -0.25) is 10.1 Å². The van der Waals surface area contributed by atoms with Crippen LogP contribution in [0.25, 0.3) is 10.2 Å². The number of thiazole rings is 1. The zero-order chi connectivity index (χ0) is 14.1. The number of benzene rings is 2. The molecule has 100 valence electrons. The summed E-state index contributed by atoms with van der Waals surface area (Å²) in [5, 5.41) is 3.74. The van der Waals surface area contributed by atoms with Crippen molar-refractivity contribution in [1.82, 2.24) is 4.98 Å². The topological polar surface area (TPSA) is 42.0 Å².